The van der Waals surface area contributed by atoms with Gasteiger partial charge in [-0.15, -0.1) is 0 Å². The molecular formula is C16H18N2O. The van der Waals surface area contributed by atoms with E-state index in [0.717, 1.165) is 24.3 Å². The largest absolute Gasteiger partial charge is 0.481 e. The van der Waals surface area contributed by atoms with Crippen molar-refractivity contribution >= 4 is 5.69 Å². The molecule has 0 saturated carbocycles. The van der Waals surface area contributed by atoms with Gasteiger partial charge in [-0.3, -0.25) is 0 Å². The van der Waals surface area contributed by atoms with E-state index in [2.05, 4.69) is 34.1 Å². The second-order valence-corrected chi connectivity index (χ2v) is 4.81. The first kappa shape index (κ1) is 12.0. The van der Waals surface area contributed by atoms with Gasteiger partial charge in [-0.25, -0.2) is 4.98 Å². The van der Waals surface area contributed by atoms with Crippen molar-refractivity contribution in [3.63, 3.8) is 0 Å². The predicted octanol–water partition coefficient (Wildman–Crippen LogP) is 3.36. The maximum Gasteiger partial charge on any atom is 0.213 e. The van der Waals surface area contributed by atoms with E-state index in [1.165, 1.54) is 18.5 Å². The lowest BCUT2D eigenvalue weighted by Gasteiger charge is -2.18. The van der Waals surface area contributed by atoms with Crippen molar-refractivity contribution in [2.24, 2.45) is 0 Å². The maximum atomic E-state index is 5.18. The van der Waals surface area contributed by atoms with Gasteiger partial charge >= 0.3 is 0 Å². The molecule has 98 valence electrons. The average molecular weight is 254 g/mol. The number of hydrogen-bond acceptors (Lipinski definition) is 3. The van der Waals surface area contributed by atoms with Crippen LogP contribution in [0.3, 0.4) is 0 Å². The Balaban J connectivity index is 1.93. The highest BCUT2D eigenvalue weighted by Crippen LogP contribution is 2.26. The highest BCUT2D eigenvalue weighted by atomic mass is 16.5. The topological polar surface area (TPSA) is 25.4 Å². The second kappa shape index (κ2) is 5.31. The summed E-state index contributed by atoms with van der Waals surface area (Å²) in [6.07, 6.45) is 2.59. The Morgan fingerprint density at radius 2 is 1.84 bits per heavy atom. The fourth-order valence-corrected chi connectivity index (χ4v) is 2.53. The summed E-state index contributed by atoms with van der Waals surface area (Å²) < 4.78 is 5.18. The van der Waals surface area contributed by atoms with Gasteiger partial charge in [-0.1, -0.05) is 18.2 Å². The second-order valence-electron chi connectivity index (χ2n) is 4.81. The van der Waals surface area contributed by atoms with Gasteiger partial charge in [-0.2, -0.15) is 0 Å². The summed E-state index contributed by atoms with van der Waals surface area (Å²) in [5.41, 5.74) is 3.39. The number of rotatable bonds is 3. The highest BCUT2D eigenvalue weighted by Gasteiger charge is 2.12. The van der Waals surface area contributed by atoms with Crippen LogP contribution in [0.2, 0.25) is 0 Å². The number of aromatic nitrogens is 1. The molecule has 3 rings (SSSR count). The summed E-state index contributed by atoms with van der Waals surface area (Å²) in [5.74, 6) is 0.657. The summed E-state index contributed by atoms with van der Waals surface area (Å²) in [6.45, 7) is 2.32. The van der Waals surface area contributed by atoms with Gasteiger partial charge in [0.05, 0.1) is 12.8 Å². The number of nitrogens with zero attached hydrogens (tertiary/aromatic N) is 2. The van der Waals surface area contributed by atoms with Crippen LogP contribution < -0.4 is 9.64 Å². The molecule has 19 heavy (non-hydrogen) atoms. The number of pyridine rings is 1. The van der Waals surface area contributed by atoms with Gasteiger partial charge < -0.3 is 9.64 Å². The van der Waals surface area contributed by atoms with Crippen LogP contribution in [-0.2, 0) is 0 Å². The van der Waals surface area contributed by atoms with Gasteiger partial charge in [-0.05, 0) is 31.0 Å². The molecule has 0 atom stereocenters. The number of anilines is 1. The van der Waals surface area contributed by atoms with Crippen LogP contribution in [0.25, 0.3) is 11.3 Å². The molecule has 0 N–H and O–H groups in total. The Hall–Kier alpha value is -2.03. The van der Waals surface area contributed by atoms with E-state index in [9.17, 15) is 0 Å². The third-order valence-corrected chi connectivity index (χ3v) is 3.55. The number of ether oxygens (including phenoxy) is 1. The van der Waals surface area contributed by atoms with Crippen molar-refractivity contribution in [2.75, 3.05) is 25.1 Å². The molecule has 1 aromatic heterocycles. The zero-order valence-corrected chi connectivity index (χ0v) is 11.2. The molecule has 0 aliphatic carbocycles. The predicted molar refractivity (Wildman–Crippen MR) is 77.7 cm³/mol. The molecule has 3 nitrogen and oxygen atoms in total. The van der Waals surface area contributed by atoms with Crippen molar-refractivity contribution in [3.05, 3.63) is 42.5 Å². The molecule has 2 aromatic rings. The number of benzene rings is 1. The van der Waals surface area contributed by atoms with Gasteiger partial charge in [0.15, 0.2) is 0 Å². The molecular weight excluding hydrogens is 236 g/mol. The molecule has 2 heterocycles. The zero-order valence-electron chi connectivity index (χ0n) is 11.2. The van der Waals surface area contributed by atoms with Crippen LogP contribution in [0, 0.1) is 0 Å². The molecule has 0 radical (unpaired) electrons. The molecule has 0 bridgehead atoms. The summed E-state index contributed by atoms with van der Waals surface area (Å²) in [7, 11) is 1.65. The van der Waals surface area contributed by atoms with Crippen LogP contribution in [0.5, 0.6) is 5.88 Å². The van der Waals surface area contributed by atoms with Crippen LogP contribution >= 0.6 is 0 Å². The van der Waals surface area contributed by atoms with Gasteiger partial charge in [0.25, 0.3) is 0 Å². The van der Waals surface area contributed by atoms with Crippen molar-refractivity contribution in [3.8, 4) is 17.1 Å². The lowest BCUT2D eigenvalue weighted by atomic mass is 10.1. The van der Waals surface area contributed by atoms with Crippen molar-refractivity contribution in [1.82, 2.24) is 4.98 Å². The average Bonchev–Trinajstić information content (AvgIpc) is 3.02. The van der Waals surface area contributed by atoms with E-state index in [1.54, 1.807) is 7.11 Å². The molecule has 1 saturated heterocycles. The van der Waals surface area contributed by atoms with E-state index in [4.69, 9.17) is 4.74 Å². The van der Waals surface area contributed by atoms with Crippen LogP contribution in [0.15, 0.2) is 42.5 Å². The van der Waals surface area contributed by atoms with E-state index in [-0.39, 0.29) is 0 Å². The summed E-state index contributed by atoms with van der Waals surface area (Å²) >= 11 is 0. The zero-order chi connectivity index (χ0) is 13.1. The van der Waals surface area contributed by atoms with E-state index >= 15 is 0 Å². The third kappa shape index (κ3) is 2.55. The summed E-state index contributed by atoms with van der Waals surface area (Å²) in [4.78, 5) is 6.92. The number of methoxy groups -OCH3 is 1. The van der Waals surface area contributed by atoms with Crippen LogP contribution in [-0.4, -0.2) is 25.2 Å². The van der Waals surface area contributed by atoms with Crippen LogP contribution in [0.1, 0.15) is 12.8 Å². The Morgan fingerprint density at radius 1 is 1.05 bits per heavy atom. The normalized spacial score (nSPS) is 14.7. The molecule has 0 unspecified atom stereocenters. The minimum Gasteiger partial charge on any atom is -0.481 e. The maximum absolute atomic E-state index is 5.18. The van der Waals surface area contributed by atoms with Crippen LogP contribution in [0.4, 0.5) is 5.69 Å². The molecule has 1 fully saturated rings. The molecule has 1 aliphatic rings. The molecule has 0 spiro atoms. The van der Waals surface area contributed by atoms with Crippen molar-refractivity contribution < 1.29 is 4.74 Å². The fourth-order valence-electron chi connectivity index (χ4n) is 2.53. The Labute approximate surface area is 113 Å². The molecule has 1 aromatic carbocycles. The Kier molecular flexibility index (Phi) is 3.36. The SMILES string of the molecule is COc1cccc(-c2cccc(N3CCCC3)c2)n1. The molecule has 1 aliphatic heterocycles. The number of hydrogen-bond donors (Lipinski definition) is 0. The smallest absolute Gasteiger partial charge is 0.213 e. The third-order valence-electron chi connectivity index (χ3n) is 3.55. The Bertz CT molecular complexity index is 562. The minimum atomic E-state index is 0.657. The standard InChI is InChI=1S/C16H18N2O/c1-19-16-9-5-8-15(17-16)13-6-4-7-14(12-13)18-10-2-3-11-18/h4-9,12H,2-3,10-11H2,1H3. The van der Waals surface area contributed by atoms with Gasteiger partial charge in [0, 0.05) is 30.4 Å². The van der Waals surface area contributed by atoms with E-state index in [1.807, 2.05) is 18.2 Å². The molecule has 0 amide bonds. The van der Waals surface area contributed by atoms with E-state index in [0.29, 0.717) is 5.88 Å². The highest BCUT2D eigenvalue weighted by molar-refractivity contribution is 5.66. The van der Waals surface area contributed by atoms with Gasteiger partial charge in [0.2, 0.25) is 5.88 Å². The first-order chi connectivity index (χ1) is 9.36. The quantitative estimate of drug-likeness (QED) is 0.839. The fraction of sp³-hybridized carbons (Fsp3) is 0.312. The van der Waals surface area contributed by atoms with Crippen molar-refractivity contribution in [1.29, 1.82) is 0 Å². The first-order valence-electron chi connectivity index (χ1n) is 6.73. The van der Waals surface area contributed by atoms with E-state index < -0.39 is 0 Å². The van der Waals surface area contributed by atoms with Gasteiger partial charge in [0.1, 0.15) is 0 Å². The Morgan fingerprint density at radius 3 is 2.63 bits per heavy atom. The monoisotopic (exact) mass is 254 g/mol. The molecule has 3 heteroatoms. The lowest BCUT2D eigenvalue weighted by molar-refractivity contribution is 0.398. The van der Waals surface area contributed by atoms with Crippen molar-refractivity contribution in [2.45, 2.75) is 12.8 Å². The first-order valence-corrected chi connectivity index (χ1v) is 6.73. The summed E-state index contributed by atoms with van der Waals surface area (Å²) in [6, 6.07) is 14.5. The minimum absolute atomic E-state index is 0.657. The summed E-state index contributed by atoms with van der Waals surface area (Å²) in [5, 5.41) is 0. The lowest BCUT2D eigenvalue weighted by Crippen LogP contribution is -2.17.